The van der Waals surface area contributed by atoms with Crippen LogP contribution >= 0.6 is 11.3 Å². The van der Waals surface area contributed by atoms with E-state index in [0.717, 1.165) is 34.9 Å². The van der Waals surface area contributed by atoms with Crippen molar-refractivity contribution < 1.29 is 18.1 Å². The number of benzene rings is 1. The summed E-state index contributed by atoms with van der Waals surface area (Å²) in [5.41, 5.74) is 0.126. The molecule has 1 aromatic carbocycles. The molecular weight excluding hydrogens is 374 g/mol. The molecule has 1 aliphatic heterocycles. The van der Waals surface area contributed by atoms with Crippen LogP contribution in [0.25, 0.3) is 10.7 Å². The van der Waals surface area contributed by atoms with Crippen LogP contribution in [0.1, 0.15) is 40.0 Å². The molecule has 1 amide bonds. The van der Waals surface area contributed by atoms with Crippen molar-refractivity contribution in [2.45, 2.75) is 25.7 Å². The number of carbonyl (C=O) groups is 1. The first-order chi connectivity index (χ1) is 13.0. The SMILES string of the molecule is Cc1ncc(-c2noc([C@H]3CCCN(C(=O)c4ccc(F)c(F)c4)C3)n2)s1. The van der Waals surface area contributed by atoms with Crippen LogP contribution in [0.5, 0.6) is 0 Å². The monoisotopic (exact) mass is 390 g/mol. The summed E-state index contributed by atoms with van der Waals surface area (Å²) >= 11 is 1.48. The van der Waals surface area contributed by atoms with Crippen molar-refractivity contribution in [2.24, 2.45) is 0 Å². The summed E-state index contributed by atoms with van der Waals surface area (Å²) in [5.74, 6) is -1.48. The standard InChI is InChI=1S/C18H16F2N4O2S/c1-10-21-8-15(27-10)16-22-17(26-23-16)12-3-2-6-24(9-12)18(25)11-4-5-13(19)14(20)7-11/h4-5,7-8,12H,2-3,6,9H2,1H3/t12-/m0/s1. The molecule has 4 rings (SSSR count). The number of likely N-dealkylation sites (tertiary alicyclic amines) is 1. The predicted molar refractivity (Wildman–Crippen MR) is 94.4 cm³/mol. The Morgan fingerprint density at radius 3 is 2.93 bits per heavy atom. The molecule has 3 aromatic rings. The van der Waals surface area contributed by atoms with Crippen molar-refractivity contribution in [2.75, 3.05) is 13.1 Å². The maximum absolute atomic E-state index is 13.4. The highest BCUT2D eigenvalue weighted by Gasteiger charge is 2.29. The minimum Gasteiger partial charge on any atom is -0.339 e. The fourth-order valence-corrected chi connectivity index (χ4v) is 3.84. The van der Waals surface area contributed by atoms with E-state index < -0.39 is 11.6 Å². The molecular formula is C18H16F2N4O2S. The minimum absolute atomic E-state index is 0.0942. The Morgan fingerprint density at radius 1 is 1.33 bits per heavy atom. The van der Waals surface area contributed by atoms with E-state index >= 15 is 0 Å². The van der Waals surface area contributed by atoms with Gasteiger partial charge in [-0.15, -0.1) is 11.3 Å². The van der Waals surface area contributed by atoms with Crippen LogP contribution in [-0.2, 0) is 0 Å². The summed E-state index contributed by atoms with van der Waals surface area (Å²) in [5, 5.41) is 4.93. The van der Waals surface area contributed by atoms with E-state index in [0.29, 0.717) is 24.8 Å². The molecule has 2 aromatic heterocycles. The van der Waals surface area contributed by atoms with Gasteiger partial charge in [0.1, 0.15) is 0 Å². The first-order valence-electron chi connectivity index (χ1n) is 8.52. The lowest BCUT2D eigenvalue weighted by Crippen LogP contribution is -2.39. The van der Waals surface area contributed by atoms with Gasteiger partial charge in [0.05, 0.1) is 15.8 Å². The van der Waals surface area contributed by atoms with Crippen LogP contribution in [0, 0.1) is 18.6 Å². The molecule has 9 heteroatoms. The summed E-state index contributed by atoms with van der Waals surface area (Å²) < 4.78 is 31.9. The third-order valence-electron chi connectivity index (χ3n) is 4.51. The quantitative estimate of drug-likeness (QED) is 0.680. The van der Waals surface area contributed by atoms with Gasteiger partial charge in [-0.3, -0.25) is 4.79 Å². The number of rotatable bonds is 3. The van der Waals surface area contributed by atoms with E-state index in [2.05, 4.69) is 15.1 Å². The van der Waals surface area contributed by atoms with Gasteiger partial charge in [-0.1, -0.05) is 5.16 Å². The zero-order valence-corrected chi connectivity index (χ0v) is 15.3. The Hall–Kier alpha value is -2.68. The zero-order chi connectivity index (χ0) is 19.0. The van der Waals surface area contributed by atoms with Gasteiger partial charge in [0.2, 0.25) is 11.7 Å². The van der Waals surface area contributed by atoms with Crippen molar-refractivity contribution >= 4 is 17.2 Å². The molecule has 1 fully saturated rings. The lowest BCUT2D eigenvalue weighted by Gasteiger charge is -2.31. The predicted octanol–water partition coefficient (Wildman–Crippen LogP) is 3.80. The van der Waals surface area contributed by atoms with Gasteiger partial charge in [-0.2, -0.15) is 4.98 Å². The highest BCUT2D eigenvalue weighted by atomic mass is 32.1. The van der Waals surface area contributed by atoms with E-state index in [1.54, 1.807) is 11.1 Å². The van der Waals surface area contributed by atoms with Gasteiger partial charge in [-0.05, 0) is 38.0 Å². The Bertz CT molecular complexity index is 987. The Balaban J connectivity index is 1.50. The number of thiazole rings is 1. The van der Waals surface area contributed by atoms with Crippen molar-refractivity contribution in [3.05, 3.63) is 52.5 Å². The third-order valence-corrected chi connectivity index (χ3v) is 5.42. The van der Waals surface area contributed by atoms with Crippen LogP contribution in [-0.4, -0.2) is 39.0 Å². The second kappa shape index (κ2) is 7.15. The molecule has 6 nitrogen and oxygen atoms in total. The van der Waals surface area contributed by atoms with Crippen LogP contribution < -0.4 is 0 Å². The number of amides is 1. The normalized spacial score (nSPS) is 17.3. The van der Waals surface area contributed by atoms with Crippen LogP contribution in [0.4, 0.5) is 8.78 Å². The number of halogens is 2. The number of carbonyl (C=O) groups excluding carboxylic acids is 1. The molecule has 1 aliphatic rings. The third kappa shape index (κ3) is 3.59. The molecule has 0 bridgehead atoms. The van der Waals surface area contributed by atoms with Crippen molar-refractivity contribution in [3.8, 4) is 10.7 Å². The second-order valence-corrected chi connectivity index (χ2v) is 7.65. The molecule has 1 atom stereocenters. The summed E-state index contributed by atoms with van der Waals surface area (Å²) in [6.07, 6.45) is 3.27. The maximum Gasteiger partial charge on any atom is 0.253 e. The van der Waals surface area contributed by atoms with Crippen molar-refractivity contribution in [1.82, 2.24) is 20.0 Å². The lowest BCUT2D eigenvalue weighted by molar-refractivity contribution is 0.0695. The lowest BCUT2D eigenvalue weighted by atomic mass is 9.97. The van der Waals surface area contributed by atoms with E-state index in [4.69, 9.17) is 4.52 Å². The van der Waals surface area contributed by atoms with E-state index in [1.807, 2.05) is 6.92 Å². The van der Waals surface area contributed by atoms with Gasteiger partial charge in [0, 0.05) is 24.8 Å². The molecule has 0 spiro atoms. The van der Waals surface area contributed by atoms with Gasteiger partial charge in [0.25, 0.3) is 5.91 Å². The number of aryl methyl sites for hydroxylation is 1. The summed E-state index contributed by atoms with van der Waals surface area (Å²) in [6.45, 7) is 2.84. The smallest absolute Gasteiger partial charge is 0.253 e. The average molecular weight is 390 g/mol. The molecule has 27 heavy (non-hydrogen) atoms. The zero-order valence-electron chi connectivity index (χ0n) is 14.5. The van der Waals surface area contributed by atoms with E-state index in [-0.39, 0.29) is 17.4 Å². The Labute approximate surface area is 157 Å². The van der Waals surface area contributed by atoms with Gasteiger partial charge in [-0.25, -0.2) is 13.8 Å². The summed E-state index contributed by atoms with van der Waals surface area (Å²) in [6, 6.07) is 3.19. The number of hydrogen-bond donors (Lipinski definition) is 0. The number of aromatic nitrogens is 3. The van der Waals surface area contributed by atoms with Crippen LogP contribution in [0.3, 0.4) is 0 Å². The number of hydrogen-bond acceptors (Lipinski definition) is 6. The molecule has 1 saturated heterocycles. The fraction of sp³-hybridized carbons (Fsp3) is 0.333. The molecule has 3 heterocycles. The second-order valence-electron chi connectivity index (χ2n) is 6.42. The van der Waals surface area contributed by atoms with Crippen molar-refractivity contribution in [3.63, 3.8) is 0 Å². The van der Waals surface area contributed by atoms with Gasteiger partial charge in [0.15, 0.2) is 11.6 Å². The largest absolute Gasteiger partial charge is 0.339 e. The average Bonchev–Trinajstić information content (AvgIpc) is 3.32. The number of piperidine rings is 1. The Morgan fingerprint density at radius 2 is 2.19 bits per heavy atom. The van der Waals surface area contributed by atoms with Crippen LogP contribution in [0.15, 0.2) is 28.9 Å². The van der Waals surface area contributed by atoms with E-state index in [1.165, 1.54) is 17.4 Å². The summed E-state index contributed by atoms with van der Waals surface area (Å²) in [7, 11) is 0. The molecule has 0 N–H and O–H groups in total. The molecule has 0 unspecified atom stereocenters. The van der Waals surface area contributed by atoms with Crippen molar-refractivity contribution in [1.29, 1.82) is 0 Å². The molecule has 0 saturated carbocycles. The molecule has 0 aliphatic carbocycles. The van der Waals surface area contributed by atoms with Gasteiger partial charge >= 0.3 is 0 Å². The Kier molecular flexibility index (Phi) is 4.69. The van der Waals surface area contributed by atoms with E-state index in [9.17, 15) is 13.6 Å². The number of nitrogens with zero attached hydrogens (tertiary/aromatic N) is 4. The van der Waals surface area contributed by atoms with Gasteiger partial charge < -0.3 is 9.42 Å². The maximum atomic E-state index is 13.4. The summed E-state index contributed by atoms with van der Waals surface area (Å²) in [4.78, 5) is 23.7. The topological polar surface area (TPSA) is 72.1 Å². The minimum atomic E-state index is -1.03. The fourth-order valence-electron chi connectivity index (χ4n) is 3.14. The first kappa shape index (κ1) is 17.7. The highest BCUT2D eigenvalue weighted by molar-refractivity contribution is 7.14. The highest BCUT2D eigenvalue weighted by Crippen LogP contribution is 2.30. The molecule has 140 valence electrons. The molecule has 0 radical (unpaired) electrons. The van der Waals surface area contributed by atoms with Crippen LogP contribution in [0.2, 0.25) is 0 Å². The first-order valence-corrected chi connectivity index (χ1v) is 9.33.